The Balaban J connectivity index is 2.07. The molecule has 2 heterocycles. The maximum absolute atomic E-state index is 11.8. The van der Waals surface area contributed by atoms with Gasteiger partial charge in [-0.25, -0.2) is 15.0 Å². The number of rotatable bonds is 5. The van der Waals surface area contributed by atoms with Crippen LogP contribution in [0.15, 0.2) is 21.6 Å². The average Bonchev–Trinajstić information content (AvgIpc) is 2.97. The lowest BCUT2D eigenvalue weighted by Gasteiger charge is -2.07. The maximum Gasteiger partial charge on any atom is 0.236 e. The van der Waals surface area contributed by atoms with E-state index in [0.717, 1.165) is 11.8 Å². The Morgan fingerprint density at radius 1 is 1.52 bits per heavy atom. The third kappa shape index (κ3) is 4.07. The molecule has 0 spiro atoms. The summed E-state index contributed by atoms with van der Waals surface area (Å²) >= 11 is 3.79. The van der Waals surface area contributed by atoms with E-state index in [1.165, 1.54) is 23.1 Å². The molecule has 0 saturated carbocycles. The number of amides is 1. The lowest BCUT2D eigenvalue weighted by molar-refractivity contribution is -0.113. The zero-order valence-corrected chi connectivity index (χ0v) is 13.3. The molecule has 2 aromatic rings. The van der Waals surface area contributed by atoms with Crippen LogP contribution in [0.1, 0.15) is 5.56 Å². The molecule has 10 heteroatoms. The van der Waals surface area contributed by atoms with Gasteiger partial charge >= 0.3 is 0 Å². The first-order valence-corrected chi connectivity index (χ1v) is 8.66. The van der Waals surface area contributed by atoms with Crippen molar-refractivity contribution in [2.75, 3.05) is 23.1 Å². The second-order valence-electron chi connectivity index (χ2n) is 3.56. The molecule has 1 amide bonds. The predicted molar refractivity (Wildman–Crippen MR) is 84.4 cm³/mol. The van der Waals surface area contributed by atoms with Crippen LogP contribution in [0.5, 0.6) is 0 Å². The highest BCUT2D eigenvalue weighted by Gasteiger charge is 2.15. The van der Waals surface area contributed by atoms with Crippen LogP contribution in [-0.2, 0) is 4.79 Å². The van der Waals surface area contributed by atoms with Crippen molar-refractivity contribution < 1.29 is 4.79 Å². The smallest absolute Gasteiger partial charge is 0.236 e. The standard InChI is InChI=1S/C11H10N6OS3/c1-19-8-6(4-12)9(17-10(13)16-8)21-5-7(18)15-11-14-2-3-20-11/h2-3H,5H2,1H3,(H2,13,16,17)(H,14,15,18). The molecule has 0 bridgehead atoms. The van der Waals surface area contributed by atoms with Gasteiger partial charge in [0.2, 0.25) is 11.9 Å². The average molecular weight is 338 g/mol. The lowest BCUT2D eigenvalue weighted by Crippen LogP contribution is -2.14. The van der Waals surface area contributed by atoms with Crippen LogP contribution in [0, 0.1) is 11.3 Å². The molecule has 0 unspecified atom stereocenters. The summed E-state index contributed by atoms with van der Waals surface area (Å²) in [6, 6.07) is 2.05. The summed E-state index contributed by atoms with van der Waals surface area (Å²) in [4.78, 5) is 23.8. The van der Waals surface area contributed by atoms with Crippen LogP contribution in [0.2, 0.25) is 0 Å². The molecule has 108 valence electrons. The second-order valence-corrected chi connectivity index (χ2v) is 6.21. The van der Waals surface area contributed by atoms with Crippen molar-refractivity contribution in [1.82, 2.24) is 15.0 Å². The minimum absolute atomic E-state index is 0.0844. The summed E-state index contributed by atoms with van der Waals surface area (Å²) in [5.41, 5.74) is 5.94. The number of aromatic nitrogens is 3. The van der Waals surface area contributed by atoms with E-state index in [-0.39, 0.29) is 17.6 Å². The number of hydrogen-bond donors (Lipinski definition) is 2. The van der Waals surface area contributed by atoms with Crippen LogP contribution in [0.25, 0.3) is 0 Å². The fraction of sp³-hybridized carbons (Fsp3) is 0.182. The van der Waals surface area contributed by atoms with Crippen molar-refractivity contribution in [1.29, 1.82) is 5.26 Å². The molecule has 0 aliphatic heterocycles. The van der Waals surface area contributed by atoms with Crippen molar-refractivity contribution in [2.24, 2.45) is 0 Å². The number of thiazole rings is 1. The Kier molecular flexibility index (Phi) is 5.38. The summed E-state index contributed by atoms with van der Waals surface area (Å²) in [6.45, 7) is 0. The van der Waals surface area contributed by atoms with E-state index in [1.807, 2.05) is 6.07 Å². The highest BCUT2D eigenvalue weighted by Crippen LogP contribution is 2.27. The number of nitrogen functional groups attached to an aromatic ring is 1. The first-order chi connectivity index (χ1) is 10.1. The Labute approximate surface area is 133 Å². The van der Waals surface area contributed by atoms with Gasteiger partial charge in [0.05, 0.1) is 5.75 Å². The normalized spacial score (nSPS) is 10.1. The maximum atomic E-state index is 11.8. The number of nitriles is 1. The van der Waals surface area contributed by atoms with Gasteiger partial charge in [0, 0.05) is 11.6 Å². The number of hydrogen-bond acceptors (Lipinski definition) is 9. The molecule has 2 aromatic heterocycles. The largest absolute Gasteiger partial charge is 0.368 e. The lowest BCUT2D eigenvalue weighted by atomic mass is 10.4. The van der Waals surface area contributed by atoms with Gasteiger partial charge in [-0.2, -0.15) is 5.26 Å². The monoisotopic (exact) mass is 338 g/mol. The van der Waals surface area contributed by atoms with Crippen molar-refractivity contribution >= 4 is 51.8 Å². The second kappa shape index (κ2) is 7.26. The number of carbonyl (C=O) groups excluding carboxylic acids is 1. The molecule has 21 heavy (non-hydrogen) atoms. The van der Waals surface area contributed by atoms with E-state index in [4.69, 9.17) is 5.73 Å². The number of carbonyl (C=O) groups is 1. The Morgan fingerprint density at radius 2 is 2.29 bits per heavy atom. The van der Waals surface area contributed by atoms with Gasteiger partial charge < -0.3 is 11.1 Å². The minimum Gasteiger partial charge on any atom is -0.368 e. The Morgan fingerprint density at radius 3 is 2.90 bits per heavy atom. The summed E-state index contributed by atoms with van der Waals surface area (Å²) in [6.07, 6.45) is 3.41. The van der Waals surface area contributed by atoms with E-state index < -0.39 is 0 Å². The first-order valence-electron chi connectivity index (χ1n) is 5.57. The molecular weight excluding hydrogens is 328 g/mol. The molecule has 7 nitrogen and oxygen atoms in total. The number of anilines is 2. The predicted octanol–water partition coefficient (Wildman–Crippen LogP) is 1.84. The zero-order valence-electron chi connectivity index (χ0n) is 10.9. The van der Waals surface area contributed by atoms with Gasteiger partial charge in [0.1, 0.15) is 21.7 Å². The molecular formula is C11H10N6OS3. The number of nitrogens with two attached hydrogens (primary N) is 1. The van der Waals surface area contributed by atoms with Gasteiger partial charge in [0.25, 0.3) is 0 Å². The molecule has 3 N–H and O–H groups in total. The zero-order chi connectivity index (χ0) is 15.2. The minimum atomic E-state index is -0.221. The molecule has 0 aliphatic rings. The van der Waals surface area contributed by atoms with Crippen molar-refractivity contribution in [3.63, 3.8) is 0 Å². The number of nitrogens with zero attached hydrogens (tertiary/aromatic N) is 4. The molecule has 0 aromatic carbocycles. The summed E-state index contributed by atoms with van der Waals surface area (Å²) in [7, 11) is 0. The van der Waals surface area contributed by atoms with E-state index in [9.17, 15) is 10.1 Å². The third-order valence-electron chi connectivity index (χ3n) is 2.18. The summed E-state index contributed by atoms with van der Waals surface area (Å²) in [5, 5.41) is 15.1. The topological polar surface area (TPSA) is 118 Å². The number of thioether (sulfide) groups is 2. The SMILES string of the molecule is CSc1nc(N)nc(SCC(=O)Nc2nccs2)c1C#N. The first kappa shape index (κ1) is 15.6. The summed E-state index contributed by atoms with van der Waals surface area (Å²) in [5.74, 6) is -0.0265. The van der Waals surface area contributed by atoms with Gasteiger partial charge in [-0.05, 0) is 6.26 Å². The molecule has 0 aliphatic carbocycles. The highest BCUT2D eigenvalue weighted by atomic mass is 32.2. The molecule has 0 saturated heterocycles. The summed E-state index contributed by atoms with van der Waals surface area (Å²) < 4.78 is 0. The molecule has 0 radical (unpaired) electrons. The fourth-order valence-electron chi connectivity index (χ4n) is 1.36. The Bertz CT molecular complexity index is 682. The quantitative estimate of drug-likeness (QED) is 0.626. The fourth-order valence-corrected chi connectivity index (χ4v) is 3.28. The van der Waals surface area contributed by atoms with Crippen molar-refractivity contribution in [2.45, 2.75) is 10.1 Å². The van der Waals surface area contributed by atoms with Crippen LogP contribution >= 0.6 is 34.9 Å². The Hall–Kier alpha value is -1.83. The highest BCUT2D eigenvalue weighted by molar-refractivity contribution is 8.00. The van der Waals surface area contributed by atoms with Crippen LogP contribution in [0.4, 0.5) is 11.1 Å². The third-order valence-corrected chi connectivity index (χ3v) is 4.53. The van der Waals surface area contributed by atoms with E-state index in [1.54, 1.807) is 17.8 Å². The van der Waals surface area contributed by atoms with Gasteiger partial charge in [0.15, 0.2) is 5.13 Å². The van der Waals surface area contributed by atoms with Gasteiger partial charge in [-0.1, -0.05) is 11.8 Å². The van der Waals surface area contributed by atoms with Gasteiger partial charge in [-0.15, -0.1) is 23.1 Å². The van der Waals surface area contributed by atoms with Gasteiger partial charge in [-0.3, -0.25) is 4.79 Å². The van der Waals surface area contributed by atoms with E-state index in [0.29, 0.717) is 20.7 Å². The van der Waals surface area contributed by atoms with Crippen molar-refractivity contribution in [3.8, 4) is 6.07 Å². The molecule has 0 fully saturated rings. The van der Waals surface area contributed by atoms with E-state index >= 15 is 0 Å². The molecule has 2 rings (SSSR count). The van der Waals surface area contributed by atoms with Crippen LogP contribution in [-0.4, -0.2) is 32.9 Å². The van der Waals surface area contributed by atoms with Crippen molar-refractivity contribution in [3.05, 3.63) is 17.1 Å². The van der Waals surface area contributed by atoms with Crippen LogP contribution in [0.3, 0.4) is 0 Å². The van der Waals surface area contributed by atoms with Crippen LogP contribution < -0.4 is 11.1 Å². The van der Waals surface area contributed by atoms with E-state index in [2.05, 4.69) is 20.3 Å². The molecule has 0 atom stereocenters. The number of nitrogens with one attached hydrogen (secondary N) is 1.